The van der Waals surface area contributed by atoms with Gasteiger partial charge in [-0.05, 0) is 55.4 Å². The molecule has 3 aromatic heterocycles. The van der Waals surface area contributed by atoms with Crippen molar-refractivity contribution in [3.05, 3.63) is 65.0 Å². The van der Waals surface area contributed by atoms with Gasteiger partial charge in [0, 0.05) is 43.6 Å². The Morgan fingerprint density at radius 1 is 1.23 bits per heavy atom. The van der Waals surface area contributed by atoms with Crippen LogP contribution in [0.15, 0.2) is 36.8 Å². The number of ether oxygens (including phenoxy) is 1. The summed E-state index contributed by atoms with van der Waals surface area (Å²) in [6.45, 7) is 1.27. The molecule has 0 saturated carbocycles. The van der Waals surface area contributed by atoms with Gasteiger partial charge in [-0.2, -0.15) is 18.3 Å². The van der Waals surface area contributed by atoms with E-state index >= 15 is 0 Å². The standard InChI is InChI=1S/C25H26F3N5O2/c26-25(27,28)9-5-23-29-14-19-18(3-1-2-4-21(19)32-23)16-6-10-33-22(13-16)20(15-30-33)24(34)31-17-7-11-35-12-8-17/h3,6,10,13-15,17H,1-2,4-5,7-9,11-12H2,(H,31,34). The van der Waals surface area contributed by atoms with Crippen molar-refractivity contribution in [2.24, 2.45) is 0 Å². The topological polar surface area (TPSA) is 81.4 Å². The Kier molecular flexibility index (Phi) is 6.55. The first-order chi connectivity index (χ1) is 16.9. The average molecular weight is 486 g/mol. The molecule has 7 nitrogen and oxygen atoms in total. The van der Waals surface area contributed by atoms with Crippen molar-refractivity contribution >= 4 is 17.0 Å². The van der Waals surface area contributed by atoms with E-state index in [9.17, 15) is 18.0 Å². The number of nitrogens with zero attached hydrogens (tertiary/aromatic N) is 4. The summed E-state index contributed by atoms with van der Waals surface area (Å²) in [4.78, 5) is 21.7. The van der Waals surface area contributed by atoms with Crippen LogP contribution < -0.4 is 5.32 Å². The minimum Gasteiger partial charge on any atom is -0.381 e. The molecule has 184 valence electrons. The van der Waals surface area contributed by atoms with Crippen LogP contribution in [0.5, 0.6) is 0 Å². The average Bonchev–Trinajstić information content (AvgIpc) is 3.15. The number of alkyl halides is 3. The summed E-state index contributed by atoms with van der Waals surface area (Å²) in [5, 5.41) is 7.41. The molecular formula is C25H26F3N5O2. The van der Waals surface area contributed by atoms with E-state index in [2.05, 4.69) is 26.5 Å². The van der Waals surface area contributed by atoms with Gasteiger partial charge in [-0.25, -0.2) is 14.5 Å². The minimum atomic E-state index is -4.24. The van der Waals surface area contributed by atoms with Crippen molar-refractivity contribution in [2.45, 2.75) is 57.2 Å². The third-order valence-electron chi connectivity index (χ3n) is 6.44. The molecule has 0 spiro atoms. The van der Waals surface area contributed by atoms with E-state index in [0.29, 0.717) is 30.7 Å². The maximum atomic E-state index is 13.0. The Bertz CT molecular complexity index is 1260. The van der Waals surface area contributed by atoms with Gasteiger partial charge in [0.25, 0.3) is 5.91 Å². The normalized spacial score (nSPS) is 17.1. The zero-order valence-electron chi connectivity index (χ0n) is 19.1. The number of carbonyl (C=O) groups excluding carboxylic acids is 1. The van der Waals surface area contributed by atoms with Gasteiger partial charge in [0.15, 0.2) is 0 Å². The van der Waals surface area contributed by atoms with Gasteiger partial charge >= 0.3 is 6.18 Å². The fourth-order valence-corrected chi connectivity index (χ4v) is 4.58. The lowest BCUT2D eigenvalue weighted by molar-refractivity contribution is -0.134. The number of nitrogens with one attached hydrogen (secondary N) is 1. The van der Waals surface area contributed by atoms with Gasteiger partial charge in [0.1, 0.15) is 5.82 Å². The Hall–Kier alpha value is -3.27. The molecule has 0 atom stereocenters. The Labute approximate surface area is 200 Å². The van der Waals surface area contributed by atoms with E-state index < -0.39 is 12.6 Å². The van der Waals surface area contributed by atoms with E-state index in [0.717, 1.165) is 48.1 Å². The van der Waals surface area contributed by atoms with Crippen LogP contribution in [-0.4, -0.2) is 50.9 Å². The van der Waals surface area contributed by atoms with Crippen LogP contribution >= 0.6 is 0 Å². The first-order valence-electron chi connectivity index (χ1n) is 11.9. The van der Waals surface area contributed by atoms with E-state index in [1.165, 1.54) is 0 Å². The fraction of sp³-hybridized carbons (Fsp3) is 0.440. The molecule has 1 N–H and O–H groups in total. The maximum absolute atomic E-state index is 13.0. The summed E-state index contributed by atoms with van der Waals surface area (Å²) in [5.74, 6) is 0.0394. The van der Waals surface area contributed by atoms with Crippen LogP contribution in [0.2, 0.25) is 0 Å². The number of hydrogen-bond acceptors (Lipinski definition) is 5. The van der Waals surface area contributed by atoms with Crippen LogP contribution in [-0.2, 0) is 17.6 Å². The van der Waals surface area contributed by atoms with E-state index in [4.69, 9.17) is 4.74 Å². The van der Waals surface area contributed by atoms with Crippen LogP contribution in [0, 0.1) is 0 Å². The van der Waals surface area contributed by atoms with Gasteiger partial charge in [0.05, 0.1) is 29.4 Å². The van der Waals surface area contributed by atoms with Crippen molar-refractivity contribution < 1.29 is 22.7 Å². The molecule has 4 heterocycles. The molecule has 1 saturated heterocycles. The quantitative estimate of drug-likeness (QED) is 0.583. The molecule has 3 aromatic rings. The lowest BCUT2D eigenvalue weighted by Crippen LogP contribution is -2.38. The summed E-state index contributed by atoms with van der Waals surface area (Å²) in [7, 11) is 0. The van der Waals surface area contributed by atoms with Gasteiger partial charge in [-0.1, -0.05) is 6.08 Å². The smallest absolute Gasteiger partial charge is 0.381 e. The number of allylic oxidation sites excluding steroid dienone is 1. The lowest BCUT2D eigenvalue weighted by atomic mass is 9.97. The Balaban J connectivity index is 1.43. The highest BCUT2D eigenvalue weighted by Crippen LogP contribution is 2.31. The highest BCUT2D eigenvalue weighted by molar-refractivity contribution is 6.01. The van der Waals surface area contributed by atoms with E-state index in [-0.39, 0.29) is 24.2 Å². The van der Waals surface area contributed by atoms with Crippen LogP contribution in [0.1, 0.15) is 65.1 Å². The molecule has 0 bridgehead atoms. The minimum absolute atomic E-state index is 0.0783. The summed E-state index contributed by atoms with van der Waals surface area (Å²) >= 11 is 0. The first kappa shape index (κ1) is 23.5. The van der Waals surface area contributed by atoms with E-state index in [1.807, 2.05) is 12.1 Å². The van der Waals surface area contributed by atoms with Gasteiger partial charge < -0.3 is 10.1 Å². The predicted molar refractivity (Wildman–Crippen MR) is 123 cm³/mol. The number of amides is 1. The summed E-state index contributed by atoms with van der Waals surface area (Å²) in [5.41, 5.74) is 4.54. The zero-order valence-corrected chi connectivity index (χ0v) is 19.1. The van der Waals surface area contributed by atoms with E-state index in [1.54, 1.807) is 23.1 Å². The zero-order chi connectivity index (χ0) is 24.4. The molecule has 35 heavy (non-hydrogen) atoms. The van der Waals surface area contributed by atoms with Gasteiger partial charge in [0.2, 0.25) is 0 Å². The van der Waals surface area contributed by atoms with Crippen LogP contribution in [0.25, 0.3) is 11.1 Å². The molecule has 1 aliphatic heterocycles. The highest BCUT2D eigenvalue weighted by atomic mass is 19.4. The second kappa shape index (κ2) is 9.77. The fourth-order valence-electron chi connectivity index (χ4n) is 4.58. The number of aromatic nitrogens is 4. The molecule has 1 aliphatic carbocycles. The second-order valence-corrected chi connectivity index (χ2v) is 8.94. The van der Waals surface area contributed by atoms with Crippen molar-refractivity contribution in [3.8, 4) is 0 Å². The highest BCUT2D eigenvalue weighted by Gasteiger charge is 2.27. The molecule has 5 rings (SSSR count). The molecule has 1 fully saturated rings. The molecule has 10 heteroatoms. The predicted octanol–water partition coefficient (Wildman–Crippen LogP) is 4.30. The molecule has 0 unspecified atom stereocenters. The molecule has 2 aliphatic rings. The maximum Gasteiger partial charge on any atom is 0.389 e. The number of pyridine rings is 1. The summed E-state index contributed by atoms with van der Waals surface area (Å²) < 4.78 is 45.0. The lowest BCUT2D eigenvalue weighted by Gasteiger charge is -2.22. The van der Waals surface area contributed by atoms with Gasteiger partial charge in [-0.3, -0.25) is 4.79 Å². The molecular weight excluding hydrogens is 459 g/mol. The third kappa shape index (κ3) is 5.37. The van der Waals surface area contributed by atoms with Crippen LogP contribution in [0.4, 0.5) is 13.2 Å². The molecule has 1 amide bonds. The largest absolute Gasteiger partial charge is 0.389 e. The van der Waals surface area contributed by atoms with Gasteiger partial charge in [-0.15, -0.1) is 0 Å². The van der Waals surface area contributed by atoms with Crippen LogP contribution in [0.3, 0.4) is 0 Å². The van der Waals surface area contributed by atoms with Crippen molar-refractivity contribution in [1.82, 2.24) is 24.9 Å². The second-order valence-electron chi connectivity index (χ2n) is 8.94. The van der Waals surface area contributed by atoms with Crippen molar-refractivity contribution in [1.29, 1.82) is 0 Å². The SMILES string of the molecule is O=C(NC1CCOCC1)c1cnn2ccc(C3=CCCCc4nc(CCC(F)(F)F)ncc43)cc12. The number of carbonyl (C=O) groups is 1. The first-order valence-corrected chi connectivity index (χ1v) is 11.9. The number of rotatable bonds is 5. The van der Waals surface area contributed by atoms with Crippen molar-refractivity contribution in [2.75, 3.05) is 13.2 Å². The summed E-state index contributed by atoms with van der Waals surface area (Å²) in [6, 6.07) is 3.91. The van der Waals surface area contributed by atoms with Crippen molar-refractivity contribution in [3.63, 3.8) is 0 Å². The number of fused-ring (bicyclic) bond motifs is 2. The number of hydrogen-bond donors (Lipinski definition) is 1. The number of aryl methyl sites for hydroxylation is 2. The molecule has 0 radical (unpaired) electrons. The molecule has 0 aromatic carbocycles. The monoisotopic (exact) mass is 485 g/mol. The third-order valence-corrected chi connectivity index (χ3v) is 6.44. The number of halogens is 3. The Morgan fingerprint density at radius 3 is 2.86 bits per heavy atom. The summed E-state index contributed by atoms with van der Waals surface area (Å²) in [6.07, 6.45) is 5.59. The Morgan fingerprint density at radius 2 is 2.06 bits per heavy atom.